The van der Waals surface area contributed by atoms with Gasteiger partial charge in [-0.05, 0) is 33.6 Å². The van der Waals surface area contributed by atoms with E-state index in [-0.39, 0.29) is 22.9 Å². The molecule has 1 amide bonds. The fraction of sp³-hybridized carbons (Fsp3) is 0.625. The fourth-order valence-electron chi connectivity index (χ4n) is 2.29. The van der Waals surface area contributed by atoms with Gasteiger partial charge in [-0.2, -0.15) is 4.68 Å². The maximum atomic E-state index is 12.8. The van der Waals surface area contributed by atoms with Crippen LogP contribution in [0.25, 0.3) is 0 Å². The Morgan fingerprint density at radius 1 is 1.17 bits per heavy atom. The lowest BCUT2D eigenvalue weighted by atomic mass is 9.94. The van der Waals surface area contributed by atoms with E-state index in [1.54, 1.807) is 34.6 Å². The first-order valence-corrected chi connectivity index (χ1v) is 7.75. The van der Waals surface area contributed by atoms with Crippen molar-refractivity contribution in [2.24, 2.45) is 5.92 Å². The Hall–Kier alpha value is -2.38. The van der Waals surface area contributed by atoms with Crippen molar-refractivity contribution in [3.05, 3.63) is 11.1 Å². The standard InChI is InChI=1S/C16H27N3O5/c1-8(2)11(18-15(23)24-16(4,5)6)12(20)10-9(3)13(21)19(17-7)14(10)22/h8,11,17,21-22H,1-7H3,(H,18,23)/t11-/m0/s1. The Morgan fingerprint density at radius 3 is 2.08 bits per heavy atom. The molecule has 1 aromatic heterocycles. The molecule has 1 aromatic rings. The second kappa shape index (κ2) is 7.02. The monoisotopic (exact) mass is 341 g/mol. The highest BCUT2D eigenvalue weighted by atomic mass is 16.6. The highest BCUT2D eigenvalue weighted by Gasteiger charge is 2.33. The zero-order valence-electron chi connectivity index (χ0n) is 15.2. The molecule has 24 heavy (non-hydrogen) atoms. The number of amides is 1. The summed E-state index contributed by atoms with van der Waals surface area (Å²) in [5.74, 6) is -1.42. The second-order valence-electron chi connectivity index (χ2n) is 6.94. The number of hydrogen-bond donors (Lipinski definition) is 4. The second-order valence-corrected chi connectivity index (χ2v) is 6.94. The van der Waals surface area contributed by atoms with Gasteiger partial charge in [0, 0.05) is 12.6 Å². The molecule has 136 valence electrons. The zero-order chi connectivity index (χ0) is 18.8. The van der Waals surface area contributed by atoms with Crippen LogP contribution in [0.3, 0.4) is 0 Å². The number of aromatic hydroxyl groups is 2. The molecule has 1 rings (SSSR count). The molecule has 8 nitrogen and oxygen atoms in total. The van der Waals surface area contributed by atoms with E-state index >= 15 is 0 Å². The van der Waals surface area contributed by atoms with E-state index in [0.717, 1.165) is 4.68 Å². The maximum absolute atomic E-state index is 12.8. The molecule has 0 saturated heterocycles. The fourth-order valence-corrected chi connectivity index (χ4v) is 2.29. The minimum atomic E-state index is -0.906. The van der Waals surface area contributed by atoms with Crippen LogP contribution >= 0.6 is 0 Å². The molecule has 0 aliphatic heterocycles. The van der Waals surface area contributed by atoms with Crippen LogP contribution in [0.1, 0.15) is 50.5 Å². The maximum Gasteiger partial charge on any atom is 0.408 e. The lowest BCUT2D eigenvalue weighted by Gasteiger charge is -2.25. The van der Waals surface area contributed by atoms with Crippen molar-refractivity contribution in [1.82, 2.24) is 9.99 Å². The SMILES string of the molecule is CNn1c(O)c(C)c(C(=O)[C@@H](NC(=O)OC(C)(C)C)C(C)C)c1O. The van der Waals surface area contributed by atoms with Crippen molar-refractivity contribution in [2.45, 2.75) is 53.2 Å². The van der Waals surface area contributed by atoms with E-state index in [1.807, 2.05) is 0 Å². The summed E-state index contributed by atoms with van der Waals surface area (Å²) in [7, 11) is 1.49. The summed E-state index contributed by atoms with van der Waals surface area (Å²) in [6, 6.07) is -0.906. The van der Waals surface area contributed by atoms with Crippen LogP contribution in [-0.2, 0) is 4.74 Å². The molecule has 0 spiro atoms. The summed E-state index contributed by atoms with van der Waals surface area (Å²) in [4.78, 5) is 24.8. The van der Waals surface area contributed by atoms with Crippen molar-refractivity contribution in [2.75, 3.05) is 12.5 Å². The number of nitrogens with one attached hydrogen (secondary N) is 2. The van der Waals surface area contributed by atoms with Gasteiger partial charge in [-0.25, -0.2) is 4.79 Å². The minimum Gasteiger partial charge on any atom is -0.493 e. The summed E-state index contributed by atoms with van der Waals surface area (Å²) < 4.78 is 6.18. The third-order valence-corrected chi connectivity index (χ3v) is 3.45. The number of alkyl carbamates (subject to hydrolysis) is 1. The van der Waals surface area contributed by atoms with E-state index in [2.05, 4.69) is 10.7 Å². The summed E-state index contributed by atoms with van der Waals surface area (Å²) in [6.45, 7) is 10.2. The average Bonchev–Trinajstić information content (AvgIpc) is 2.63. The third kappa shape index (κ3) is 4.12. The van der Waals surface area contributed by atoms with Crippen LogP contribution in [-0.4, -0.2) is 45.5 Å². The van der Waals surface area contributed by atoms with E-state index in [1.165, 1.54) is 14.0 Å². The normalized spacial score (nSPS) is 12.8. The number of ketones is 1. The van der Waals surface area contributed by atoms with Gasteiger partial charge in [-0.1, -0.05) is 13.8 Å². The van der Waals surface area contributed by atoms with Gasteiger partial charge in [-0.3, -0.25) is 4.79 Å². The van der Waals surface area contributed by atoms with Crippen LogP contribution < -0.4 is 10.7 Å². The third-order valence-electron chi connectivity index (χ3n) is 3.45. The molecule has 0 saturated carbocycles. The van der Waals surface area contributed by atoms with Gasteiger partial charge in [0.25, 0.3) is 0 Å². The highest BCUT2D eigenvalue weighted by molar-refractivity contribution is 6.05. The van der Waals surface area contributed by atoms with Crippen LogP contribution in [0.5, 0.6) is 11.8 Å². The van der Waals surface area contributed by atoms with Gasteiger partial charge in [0.2, 0.25) is 11.8 Å². The molecule has 1 heterocycles. The lowest BCUT2D eigenvalue weighted by Crippen LogP contribution is -2.46. The molecule has 0 bridgehead atoms. The molecule has 0 unspecified atom stereocenters. The largest absolute Gasteiger partial charge is 0.493 e. The smallest absolute Gasteiger partial charge is 0.408 e. The molecule has 1 atom stereocenters. The summed E-state index contributed by atoms with van der Waals surface area (Å²) in [5, 5.41) is 22.7. The summed E-state index contributed by atoms with van der Waals surface area (Å²) >= 11 is 0. The zero-order valence-corrected chi connectivity index (χ0v) is 15.2. The molecular formula is C16H27N3O5. The molecule has 0 aromatic carbocycles. The van der Waals surface area contributed by atoms with Crippen molar-refractivity contribution >= 4 is 11.9 Å². The molecular weight excluding hydrogens is 314 g/mol. The number of nitrogens with zero attached hydrogens (tertiary/aromatic N) is 1. The molecule has 8 heteroatoms. The summed E-state index contributed by atoms with van der Waals surface area (Å²) in [5.41, 5.74) is 2.06. The van der Waals surface area contributed by atoms with E-state index in [9.17, 15) is 19.8 Å². The Labute approximate surface area is 141 Å². The van der Waals surface area contributed by atoms with E-state index < -0.39 is 29.4 Å². The average molecular weight is 341 g/mol. The van der Waals surface area contributed by atoms with Gasteiger partial charge in [0.1, 0.15) is 5.60 Å². The van der Waals surface area contributed by atoms with Gasteiger partial charge in [-0.15, -0.1) is 0 Å². The first-order valence-electron chi connectivity index (χ1n) is 7.75. The van der Waals surface area contributed by atoms with Crippen LogP contribution in [0.2, 0.25) is 0 Å². The van der Waals surface area contributed by atoms with Crippen molar-refractivity contribution < 1.29 is 24.5 Å². The molecule has 0 fully saturated rings. The Bertz CT molecular complexity index is 629. The van der Waals surface area contributed by atoms with Gasteiger partial charge >= 0.3 is 6.09 Å². The number of Topliss-reactive ketones (excluding diaryl/α,β-unsaturated/α-hetero) is 1. The molecule has 0 aliphatic carbocycles. The van der Waals surface area contributed by atoms with Gasteiger partial charge in [0.05, 0.1) is 11.6 Å². The Kier molecular flexibility index (Phi) is 5.75. The Morgan fingerprint density at radius 2 is 1.71 bits per heavy atom. The van der Waals surface area contributed by atoms with Gasteiger partial charge < -0.3 is 25.7 Å². The van der Waals surface area contributed by atoms with Crippen molar-refractivity contribution in [3.63, 3.8) is 0 Å². The molecule has 0 radical (unpaired) electrons. The first kappa shape index (κ1) is 19.7. The number of ether oxygens (including phenoxy) is 1. The molecule has 0 aliphatic rings. The topological polar surface area (TPSA) is 113 Å². The van der Waals surface area contributed by atoms with Crippen LogP contribution in [0.4, 0.5) is 4.79 Å². The summed E-state index contributed by atoms with van der Waals surface area (Å²) in [6.07, 6.45) is -0.719. The minimum absolute atomic E-state index is 0.0448. The van der Waals surface area contributed by atoms with Gasteiger partial charge in [0.15, 0.2) is 5.78 Å². The van der Waals surface area contributed by atoms with E-state index in [4.69, 9.17) is 4.74 Å². The number of hydrogen-bond acceptors (Lipinski definition) is 6. The Balaban J connectivity index is 3.15. The van der Waals surface area contributed by atoms with Crippen molar-refractivity contribution in [1.29, 1.82) is 0 Å². The van der Waals surface area contributed by atoms with Crippen LogP contribution in [0.15, 0.2) is 0 Å². The number of carbonyl (C=O) groups excluding carboxylic acids is 2. The highest BCUT2D eigenvalue weighted by Crippen LogP contribution is 2.33. The first-order chi connectivity index (χ1) is 10.9. The quantitative estimate of drug-likeness (QED) is 0.610. The number of carbonyl (C=O) groups is 2. The number of rotatable bonds is 5. The predicted octanol–water partition coefficient (Wildman–Crippen LogP) is 2.11. The van der Waals surface area contributed by atoms with E-state index in [0.29, 0.717) is 0 Å². The molecule has 4 N–H and O–H groups in total. The van der Waals surface area contributed by atoms with Crippen molar-refractivity contribution in [3.8, 4) is 11.8 Å². The predicted molar refractivity (Wildman–Crippen MR) is 90.1 cm³/mol. The lowest BCUT2D eigenvalue weighted by molar-refractivity contribution is 0.0475. The van der Waals surface area contributed by atoms with Crippen LogP contribution in [0, 0.1) is 12.8 Å². The number of aromatic nitrogens is 1.